The smallest absolute Gasteiger partial charge is 0.165 e. The minimum atomic E-state index is -0.534. The summed E-state index contributed by atoms with van der Waals surface area (Å²) in [4.78, 5) is 0. The van der Waals surface area contributed by atoms with Gasteiger partial charge in [0.1, 0.15) is 11.6 Å². The summed E-state index contributed by atoms with van der Waals surface area (Å²) >= 11 is 5.94. The maximum atomic E-state index is 15.0. The Morgan fingerprint density at radius 3 is 2.39 bits per heavy atom. The molecule has 0 atom stereocenters. The Bertz CT molecular complexity index is 993. The lowest BCUT2D eigenvalue weighted by Gasteiger charge is -2.14. The zero-order chi connectivity index (χ0) is 19.6. The van der Waals surface area contributed by atoms with Crippen LogP contribution in [0.2, 0.25) is 5.02 Å². The second-order valence-corrected chi connectivity index (χ2v) is 7.46. The van der Waals surface area contributed by atoms with Gasteiger partial charge in [0.2, 0.25) is 0 Å². The van der Waals surface area contributed by atoms with Gasteiger partial charge in [-0.15, -0.1) is 0 Å². The van der Waals surface area contributed by atoms with Crippen molar-refractivity contribution in [2.24, 2.45) is 0 Å². The maximum Gasteiger partial charge on any atom is 0.165 e. The highest BCUT2D eigenvalue weighted by Crippen LogP contribution is 2.54. The summed E-state index contributed by atoms with van der Waals surface area (Å²) < 4.78 is 34.7. The van der Waals surface area contributed by atoms with Crippen LogP contribution in [0.1, 0.15) is 24.0 Å². The van der Waals surface area contributed by atoms with Gasteiger partial charge in [-0.1, -0.05) is 48.0 Å². The van der Waals surface area contributed by atoms with Gasteiger partial charge in [-0.3, -0.25) is 0 Å². The summed E-state index contributed by atoms with van der Waals surface area (Å²) in [6, 6.07) is 21.0. The van der Waals surface area contributed by atoms with Gasteiger partial charge in [-0.2, -0.15) is 0 Å². The van der Waals surface area contributed by atoms with Crippen molar-refractivity contribution in [3.63, 3.8) is 0 Å². The summed E-state index contributed by atoms with van der Waals surface area (Å²) in [5.74, 6) is 0.0952. The highest BCUT2D eigenvalue weighted by molar-refractivity contribution is 6.30. The van der Waals surface area contributed by atoms with Gasteiger partial charge in [-0.05, 0) is 72.9 Å². The van der Waals surface area contributed by atoms with Gasteiger partial charge in [0.05, 0.1) is 0 Å². The minimum absolute atomic E-state index is 0.136. The average molecular weight is 397 g/mol. The van der Waals surface area contributed by atoms with E-state index in [1.165, 1.54) is 6.07 Å². The van der Waals surface area contributed by atoms with E-state index >= 15 is 0 Å². The number of allylic oxidation sites excluding steroid dienone is 2. The summed E-state index contributed by atoms with van der Waals surface area (Å²) in [6.07, 6.45) is 3.51. The molecule has 1 aliphatic carbocycles. The van der Waals surface area contributed by atoms with Crippen LogP contribution < -0.4 is 4.74 Å². The van der Waals surface area contributed by atoms with E-state index in [1.807, 2.05) is 30.3 Å². The van der Waals surface area contributed by atoms with E-state index in [9.17, 15) is 8.78 Å². The Morgan fingerprint density at radius 1 is 1.00 bits per heavy atom. The van der Waals surface area contributed by atoms with Crippen LogP contribution in [-0.2, 0) is 11.8 Å². The Balaban J connectivity index is 1.51. The maximum absolute atomic E-state index is 15.0. The van der Waals surface area contributed by atoms with Crippen LogP contribution in [0, 0.1) is 5.82 Å². The fourth-order valence-corrected chi connectivity index (χ4v) is 3.46. The van der Waals surface area contributed by atoms with Gasteiger partial charge < -0.3 is 4.74 Å². The molecule has 0 unspecified atom stereocenters. The normalized spacial score (nSPS) is 15.3. The Labute approximate surface area is 168 Å². The predicted molar refractivity (Wildman–Crippen MR) is 108 cm³/mol. The minimum Gasteiger partial charge on any atom is -0.454 e. The zero-order valence-corrected chi connectivity index (χ0v) is 15.9. The van der Waals surface area contributed by atoms with Crippen molar-refractivity contribution in [3.8, 4) is 11.5 Å². The first-order valence-electron chi connectivity index (χ1n) is 9.20. The summed E-state index contributed by atoms with van der Waals surface area (Å²) in [5.41, 5.74) is 1.20. The van der Waals surface area contributed by atoms with Crippen LogP contribution in [0.3, 0.4) is 0 Å². The molecule has 0 saturated heterocycles. The van der Waals surface area contributed by atoms with Crippen LogP contribution in [0.15, 0.2) is 84.7 Å². The lowest BCUT2D eigenvalue weighted by Crippen LogP contribution is -2.07. The highest BCUT2D eigenvalue weighted by atomic mass is 35.5. The number of hydrogen-bond donors (Lipinski definition) is 0. The van der Waals surface area contributed by atoms with Crippen molar-refractivity contribution in [1.82, 2.24) is 0 Å². The molecule has 1 fully saturated rings. The van der Waals surface area contributed by atoms with E-state index in [0.29, 0.717) is 17.2 Å². The Hall–Kier alpha value is -2.65. The van der Waals surface area contributed by atoms with E-state index in [2.05, 4.69) is 0 Å². The van der Waals surface area contributed by atoms with Crippen LogP contribution in [0.25, 0.3) is 0 Å². The van der Waals surface area contributed by atoms with Crippen LogP contribution in [0.5, 0.6) is 11.5 Å². The van der Waals surface area contributed by atoms with E-state index in [0.717, 1.165) is 24.0 Å². The molecule has 142 valence electrons. The molecule has 0 heterocycles. The Kier molecular flexibility index (Phi) is 5.19. The molecule has 0 radical (unpaired) electrons. The first kappa shape index (κ1) is 18.7. The van der Waals surface area contributed by atoms with Crippen molar-refractivity contribution in [2.45, 2.75) is 24.7 Å². The van der Waals surface area contributed by atoms with Gasteiger partial charge in [-0.25, -0.2) is 8.78 Å². The molecule has 28 heavy (non-hydrogen) atoms. The third-order valence-corrected chi connectivity index (χ3v) is 5.34. The molecule has 0 aliphatic heterocycles. The molecule has 4 rings (SSSR count). The average Bonchev–Trinajstić information content (AvgIpc) is 3.52. The predicted octanol–water partition coefficient (Wildman–Crippen LogP) is 7.40. The Morgan fingerprint density at radius 2 is 1.71 bits per heavy atom. The molecule has 1 saturated carbocycles. The fourth-order valence-electron chi connectivity index (χ4n) is 3.33. The van der Waals surface area contributed by atoms with Crippen LogP contribution >= 0.6 is 11.6 Å². The fraction of sp³-hybridized carbons (Fsp3) is 0.167. The second kappa shape index (κ2) is 7.76. The second-order valence-electron chi connectivity index (χ2n) is 7.03. The highest BCUT2D eigenvalue weighted by Gasteiger charge is 2.48. The van der Waals surface area contributed by atoms with Crippen molar-refractivity contribution < 1.29 is 13.5 Å². The quantitative estimate of drug-likeness (QED) is 0.421. The largest absolute Gasteiger partial charge is 0.454 e. The standard InChI is InChI=1S/C24H19ClF2O/c25-19-10-8-18(9-11-19)24(14-15-24)23(27)13-7-17-6-12-21(26)22(16-17)28-20-4-2-1-3-5-20/h1-6,8-13,16H,7,14-15H2. The number of halogens is 3. The molecule has 0 spiro atoms. The molecular formula is C24H19ClF2O. The van der Waals surface area contributed by atoms with Gasteiger partial charge in [0.25, 0.3) is 0 Å². The molecule has 0 amide bonds. The third-order valence-electron chi connectivity index (χ3n) is 5.09. The van der Waals surface area contributed by atoms with E-state index in [1.54, 1.807) is 42.5 Å². The van der Waals surface area contributed by atoms with Crippen molar-refractivity contribution in [1.29, 1.82) is 0 Å². The van der Waals surface area contributed by atoms with Gasteiger partial charge >= 0.3 is 0 Å². The van der Waals surface area contributed by atoms with Crippen molar-refractivity contribution in [3.05, 3.63) is 107 Å². The summed E-state index contributed by atoms with van der Waals surface area (Å²) in [7, 11) is 0. The van der Waals surface area contributed by atoms with Gasteiger partial charge in [0.15, 0.2) is 11.6 Å². The molecule has 0 aromatic heterocycles. The molecule has 1 nitrogen and oxygen atoms in total. The lowest BCUT2D eigenvalue weighted by atomic mass is 9.93. The molecule has 1 aliphatic rings. The molecule has 3 aromatic carbocycles. The topological polar surface area (TPSA) is 9.23 Å². The number of ether oxygens (including phenoxy) is 1. The monoisotopic (exact) mass is 396 g/mol. The molecule has 4 heteroatoms. The van der Waals surface area contributed by atoms with Crippen molar-refractivity contribution in [2.75, 3.05) is 0 Å². The molecule has 3 aromatic rings. The first-order chi connectivity index (χ1) is 13.6. The third kappa shape index (κ3) is 3.95. The van der Waals surface area contributed by atoms with E-state index in [-0.39, 0.29) is 11.6 Å². The SMILES string of the molecule is FC(=CCc1ccc(F)c(Oc2ccccc2)c1)C1(c2ccc(Cl)cc2)CC1. The number of hydrogen-bond acceptors (Lipinski definition) is 1. The molecule has 0 N–H and O–H groups in total. The first-order valence-corrected chi connectivity index (χ1v) is 9.58. The number of rotatable bonds is 6. The van der Waals surface area contributed by atoms with E-state index < -0.39 is 11.2 Å². The van der Waals surface area contributed by atoms with Gasteiger partial charge in [0, 0.05) is 10.4 Å². The number of benzene rings is 3. The van der Waals surface area contributed by atoms with E-state index in [4.69, 9.17) is 16.3 Å². The number of para-hydroxylation sites is 1. The summed E-state index contributed by atoms with van der Waals surface area (Å²) in [6.45, 7) is 0. The lowest BCUT2D eigenvalue weighted by molar-refractivity contribution is 0.441. The molecule has 0 bridgehead atoms. The van der Waals surface area contributed by atoms with Crippen LogP contribution in [0.4, 0.5) is 8.78 Å². The van der Waals surface area contributed by atoms with Crippen molar-refractivity contribution >= 4 is 11.6 Å². The zero-order valence-electron chi connectivity index (χ0n) is 15.2. The van der Waals surface area contributed by atoms with Crippen LogP contribution in [-0.4, -0.2) is 0 Å². The summed E-state index contributed by atoms with van der Waals surface area (Å²) in [5, 5.41) is 0.640. The molecular weight excluding hydrogens is 378 g/mol.